The molecule has 6 nitrogen and oxygen atoms in total. The number of fused-ring (bicyclic) bond motifs is 1. The number of rotatable bonds is 3. The molecule has 1 N–H and O–H groups in total. The van der Waals surface area contributed by atoms with E-state index in [1.807, 2.05) is 29.2 Å². The number of piperazine rings is 1. The van der Waals surface area contributed by atoms with Gasteiger partial charge in [0.15, 0.2) is 0 Å². The zero-order valence-corrected chi connectivity index (χ0v) is 14.3. The van der Waals surface area contributed by atoms with Gasteiger partial charge in [-0.2, -0.15) is 0 Å². The van der Waals surface area contributed by atoms with Crippen LogP contribution in [0.25, 0.3) is 10.9 Å². The molecular weight excluding hydrogens is 304 g/mol. The molecule has 0 radical (unpaired) electrons. The number of benzene rings is 1. The molecule has 2 aliphatic rings. The number of carbonyl (C=O) groups is 1. The molecule has 0 aliphatic carbocycles. The molecule has 0 spiro atoms. The van der Waals surface area contributed by atoms with Crippen molar-refractivity contribution in [2.75, 3.05) is 53.4 Å². The molecule has 4 rings (SSSR count). The highest BCUT2D eigenvalue weighted by Gasteiger charge is 2.36. The minimum absolute atomic E-state index is 0.0931. The van der Waals surface area contributed by atoms with Gasteiger partial charge in [0.1, 0.15) is 11.4 Å². The molecule has 1 aromatic carbocycles. The van der Waals surface area contributed by atoms with Gasteiger partial charge in [-0.1, -0.05) is 0 Å². The predicted molar refractivity (Wildman–Crippen MR) is 93.6 cm³/mol. The number of H-pyrrole nitrogens is 1. The Morgan fingerprint density at radius 3 is 2.62 bits per heavy atom. The van der Waals surface area contributed by atoms with Gasteiger partial charge in [-0.25, -0.2) is 0 Å². The average Bonchev–Trinajstić information content (AvgIpc) is 2.98. The molecule has 2 fully saturated rings. The maximum Gasteiger partial charge on any atom is 0.270 e. The van der Waals surface area contributed by atoms with Crippen LogP contribution in [0.15, 0.2) is 24.3 Å². The number of hydrogen-bond donors (Lipinski definition) is 1. The summed E-state index contributed by atoms with van der Waals surface area (Å²) in [4.78, 5) is 22.7. The van der Waals surface area contributed by atoms with Crippen molar-refractivity contribution < 1.29 is 9.53 Å². The van der Waals surface area contributed by atoms with Crippen molar-refractivity contribution in [1.82, 2.24) is 19.7 Å². The number of aromatic nitrogens is 1. The number of ether oxygens (including phenoxy) is 1. The molecule has 1 aromatic heterocycles. The van der Waals surface area contributed by atoms with Gasteiger partial charge in [0, 0.05) is 62.3 Å². The Morgan fingerprint density at radius 1 is 1.17 bits per heavy atom. The summed E-state index contributed by atoms with van der Waals surface area (Å²) in [5.74, 6) is 0.887. The molecule has 3 heterocycles. The number of nitrogens with zero attached hydrogens (tertiary/aromatic N) is 3. The van der Waals surface area contributed by atoms with Crippen LogP contribution in [0.2, 0.25) is 0 Å². The second-order valence-corrected chi connectivity index (χ2v) is 6.84. The first kappa shape index (κ1) is 15.5. The SMILES string of the molecule is COc1ccc2cc(C(=O)N3CC(N4CCN(C)CC4)C3)[nH]c2c1. The van der Waals surface area contributed by atoms with Crippen LogP contribution in [-0.4, -0.2) is 85.1 Å². The topological polar surface area (TPSA) is 51.8 Å². The zero-order chi connectivity index (χ0) is 16.7. The van der Waals surface area contributed by atoms with E-state index < -0.39 is 0 Å². The molecule has 0 saturated carbocycles. The van der Waals surface area contributed by atoms with E-state index in [1.54, 1.807) is 7.11 Å². The van der Waals surface area contributed by atoms with Crippen LogP contribution in [0.4, 0.5) is 0 Å². The Bertz CT molecular complexity index is 743. The lowest BCUT2D eigenvalue weighted by Crippen LogP contribution is -2.64. The summed E-state index contributed by atoms with van der Waals surface area (Å²) in [6.07, 6.45) is 0. The fourth-order valence-corrected chi connectivity index (χ4v) is 3.56. The number of aromatic amines is 1. The quantitative estimate of drug-likeness (QED) is 0.921. The van der Waals surface area contributed by atoms with Crippen molar-refractivity contribution in [3.63, 3.8) is 0 Å². The molecular formula is C18H24N4O2. The van der Waals surface area contributed by atoms with Crippen LogP contribution in [0.3, 0.4) is 0 Å². The van der Waals surface area contributed by atoms with Crippen LogP contribution in [0.1, 0.15) is 10.5 Å². The second kappa shape index (κ2) is 6.11. The summed E-state index contributed by atoms with van der Waals surface area (Å²) in [7, 11) is 3.81. The average molecular weight is 328 g/mol. The Balaban J connectivity index is 1.40. The highest BCUT2D eigenvalue weighted by atomic mass is 16.5. The van der Waals surface area contributed by atoms with Crippen molar-refractivity contribution in [2.24, 2.45) is 0 Å². The highest BCUT2D eigenvalue weighted by molar-refractivity contribution is 5.98. The number of likely N-dealkylation sites (N-methyl/N-ethyl adjacent to an activating group) is 1. The van der Waals surface area contributed by atoms with Crippen LogP contribution in [-0.2, 0) is 0 Å². The molecule has 0 unspecified atom stereocenters. The van der Waals surface area contributed by atoms with Gasteiger partial charge in [-0.15, -0.1) is 0 Å². The smallest absolute Gasteiger partial charge is 0.270 e. The van der Waals surface area contributed by atoms with Gasteiger partial charge < -0.3 is 19.5 Å². The first-order valence-electron chi connectivity index (χ1n) is 8.52. The molecule has 24 heavy (non-hydrogen) atoms. The zero-order valence-electron chi connectivity index (χ0n) is 14.3. The van der Waals surface area contributed by atoms with E-state index in [9.17, 15) is 4.79 Å². The van der Waals surface area contributed by atoms with E-state index in [1.165, 1.54) is 0 Å². The van der Waals surface area contributed by atoms with Crippen molar-refractivity contribution in [1.29, 1.82) is 0 Å². The maximum absolute atomic E-state index is 12.7. The van der Waals surface area contributed by atoms with E-state index in [2.05, 4.69) is 21.8 Å². The minimum Gasteiger partial charge on any atom is -0.497 e. The Labute approximate surface area is 142 Å². The fourth-order valence-electron chi connectivity index (χ4n) is 3.56. The van der Waals surface area contributed by atoms with Gasteiger partial charge >= 0.3 is 0 Å². The van der Waals surface area contributed by atoms with Gasteiger partial charge in [0.05, 0.1) is 7.11 Å². The molecule has 2 aromatic rings. The fraction of sp³-hybridized carbons (Fsp3) is 0.500. The first-order chi connectivity index (χ1) is 11.6. The van der Waals surface area contributed by atoms with Crippen molar-refractivity contribution in [3.05, 3.63) is 30.0 Å². The number of likely N-dealkylation sites (tertiary alicyclic amines) is 1. The van der Waals surface area contributed by atoms with Crippen LogP contribution < -0.4 is 4.74 Å². The largest absolute Gasteiger partial charge is 0.497 e. The molecule has 2 aliphatic heterocycles. The third-order valence-electron chi connectivity index (χ3n) is 5.26. The lowest BCUT2D eigenvalue weighted by atomic mass is 10.1. The maximum atomic E-state index is 12.7. The Hall–Kier alpha value is -2.05. The number of methoxy groups -OCH3 is 1. The normalized spacial score (nSPS) is 20.3. The molecule has 0 bridgehead atoms. The Kier molecular flexibility index (Phi) is 3.94. The Morgan fingerprint density at radius 2 is 1.92 bits per heavy atom. The number of carbonyl (C=O) groups excluding carboxylic acids is 1. The second-order valence-electron chi connectivity index (χ2n) is 6.84. The lowest BCUT2D eigenvalue weighted by Gasteiger charge is -2.47. The van der Waals surface area contributed by atoms with Crippen LogP contribution >= 0.6 is 0 Å². The van der Waals surface area contributed by atoms with Gasteiger partial charge in [0.2, 0.25) is 0 Å². The van der Waals surface area contributed by atoms with Crippen molar-refractivity contribution >= 4 is 16.8 Å². The standard InChI is InChI=1S/C18H24N4O2/c1-20-5-7-21(8-6-20)14-11-22(12-14)18(23)17-9-13-3-4-15(24-2)10-16(13)19-17/h3-4,9-10,14,19H,5-8,11-12H2,1-2H3. The summed E-state index contributed by atoms with van der Waals surface area (Å²) in [5, 5.41) is 1.04. The highest BCUT2D eigenvalue weighted by Crippen LogP contribution is 2.24. The van der Waals surface area contributed by atoms with Crippen LogP contribution in [0.5, 0.6) is 5.75 Å². The van der Waals surface area contributed by atoms with Crippen molar-refractivity contribution in [2.45, 2.75) is 6.04 Å². The number of nitrogens with one attached hydrogen (secondary N) is 1. The molecule has 2 saturated heterocycles. The third-order valence-corrected chi connectivity index (χ3v) is 5.26. The van der Waals surface area contributed by atoms with E-state index in [4.69, 9.17) is 4.74 Å². The molecule has 128 valence electrons. The molecule has 6 heteroatoms. The summed E-state index contributed by atoms with van der Waals surface area (Å²) in [6.45, 7) is 6.12. The van der Waals surface area contributed by atoms with E-state index in [0.29, 0.717) is 11.7 Å². The lowest BCUT2D eigenvalue weighted by molar-refractivity contribution is 0.0107. The number of hydrogen-bond acceptors (Lipinski definition) is 4. The van der Waals surface area contributed by atoms with Crippen LogP contribution in [0, 0.1) is 0 Å². The molecule has 1 amide bonds. The first-order valence-corrected chi connectivity index (χ1v) is 8.52. The molecule has 0 atom stereocenters. The van der Waals surface area contributed by atoms with E-state index in [-0.39, 0.29) is 5.91 Å². The summed E-state index contributed by atoms with van der Waals surface area (Å²) in [6, 6.07) is 8.27. The van der Waals surface area contributed by atoms with Gasteiger partial charge in [0.25, 0.3) is 5.91 Å². The third kappa shape index (κ3) is 2.76. The minimum atomic E-state index is 0.0931. The summed E-state index contributed by atoms with van der Waals surface area (Å²) < 4.78 is 5.24. The van der Waals surface area contributed by atoms with E-state index in [0.717, 1.165) is 55.9 Å². The predicted octanol–water partition coefficient (Wildman–Crippen LogP) is 1.25. The summed E-state index contributed by atoms with van der Waals surface area (Å²) >= 11 is 0. The summed E-state index contributed by atoms with van der Waals surface area (Å²) in [5.41, 5.74) is 1.60. The van der Waals surface area contributed by atoms with Gasteiger partial charge in [-0.05, 0) is 25.2 Å². The number of amides is 1. The van der Waals surface area contributed by atoms with E-state index >= 15 is 0 Å². The van der Waals surface area contributed by atoms with Crippen molar-refractivity contribution in [3.8, 4) is 5.75 Å². The van der Waals surface area contributed by atoms with Gasteiger partial charge in [-0.3, -0.25) is 9.69 Å². The monoisotopic (exact) mass is 328 g/mol.